The summed E-state index contributed by atoms with van der Waals surface area (Å²) in [4.78, 5) is 17.7. The van der Waals surface area contributed by atoms with Crippen LogP contribution in [0.1, 0.15) is 22.5 Å². The van der Waals surface area contributed by atoms with Crippen molar-refractivity contribution in [2.24, 2.45) is 7.05 Å². The number of hydrogen-bond donors (Lipinski definition) is 1. The summed E-state index contributed by atoms with van der Waals surface area (Å²) in [6.07, 6.45) is 2.60. The van der Waals surface area contributed by atoms with Crippen molar-refractivity contribution in [1.82, 2.24) is 25.2 Å². The molecule has 0 bridgehead atoms. The summed E-state index contributed by atoms with van der Waals surface area (Å²) in [5.74, 6) is -0.207. The molecule has 0 fully saturated rings. The molecule has 0 unspecified atom stereocenters. The summed E-state index contributed by atoms with van der Waals surface area (Å²) >= 11 is 0. The third-order valence-electron chi connectivity index (χ3n) is 4.84. The van der Waals surface area contributed by atoms with Crippen LogP contribution in [-0.2, 0) is 11.8 Å². The van der Waals surface area contributed by atoms with Gasteiger partial charge in [-0.15, -0.1) is 0 Å². The number of methoxy groups -OCH3 is 1. The zero-order valence-corrected chi connectivity index (χ0v) is 17.2. The van der Waals surface area contributed by atoms with Crippen molar-refractivity contribution in [3.8, 4) is 22.5 Å². The monoisotopic (exact) mass is 405 g/mol. The lowest BCUT2D eigenvalue weighted by Gasteiger charge is -2.08. The number of hydrogen-bond acceptors (Lipinski definition) is 6. The van der Waals surface area contributed by atoms with Gasteiger partial charge in [-0.25, -0.2) is 4.98 Å². The van der Waals surface area contributed by atoms with Gasteiger partial charge in [-0.1, -0.05) is 35.5 Å². The van der Waals surface area contributed by atoms with Crippen molar-refractivity contribution in [3.05, 3.63) is 53.9 Å². The second-order valence-corrected chi connectivity index (χ2v) is 7.04. The first-order chi connectivity index (χ1) is 14.6. The number of fused-ring (bicyclic) bond motifs is 1. The number of ether oxygens (including phenoxy) is 1. The molecule has 4 aromatic rings. The molecule has 0 saturated heterocycles. The van der Waals surface area contributed by atoms with Crippen LogP contribution >= 0.6 is 0 Å². The summed E-state index contributed by atoms with van der Waals surface area (Å²) in [7, 11) is 3.49. The first-order valence-electron chi connectivity index (χ1n) is 9.72. The van der Waals surface area contributed by atoms with Crippen LogP contribution in [0.3, 0.4) is 0 Å². The molecule has 4 rings (SSSR count). The normalized spacial score (nSPS) is 11.2. The number of nitrogens with one attached hydrogen (secondary N) is 1. The van der Waals surface area contributed by atoms with Gasteiger partial charge in [0.2, 0.25) is 0 Å². The molecule has 0 saturated carbocycles. The van der Waals surface area contributed by atoms with Gasteiger partial charge in [0.1, 0.15) is 5.69 Å². The van der Waals surface area contributed by atoms with E-state index in [1.807, 2.05) is 50.5 Å². The lowest BCUT2D eigenvalue weighted by atomic mass is 10.0. The maximum absolute atomic E-state index is 13.1. The highest BCUT2D eigenvalue weighted by atomic mass is 16.5. The number of amides is 1. The molecule has 8 nitrogen and oxygen atoms in total. The van der Waals surface area contributed by atoms with E-state index in [1.54, 1.807) is 17.9 Å². The van der Waals surface area contributed by atoms with E-state index in [4.69, 9.17) is 9.26 Å². The molecule has 0 aliphatic carbocycles. The highest BCUT2D eigenvalue weighted by Crippen LogP contribution is 2.33. The van der Waals surface area contributed by atoms with Crippen LogP contribution < -0.4 is 5.32 Å². The molecule has 1 N–H and O–H groups in total. The van der Waals surface area contributed by atoms with E-state index in [-0.39, 0.29) is 5.91 Å². The Hall–Kier alpha value is -3.52. The Balaban J connectivity index is 1.84. The second-order valence-electron chi connectivity index (χ2n) is 7.04. The fourth-order valence-electron chi connectivity index (χ4n) is 3.43. The minimum Gasteiger partial charge on any atom is -0.385 e. The zero-order valence-electron chi connectivity index (χ0n) is 17.2. The summed E-state index contributed by atoms with van der Waals surface area (Å²) in [6.45, 7) is 2.99. The predicted molar refractivity (Wildman–Crippen MR) is 113 cm³/mol. The third-order valence-corrected chi connectivity index (χ3v) is 4.84. The Morgan fingerprint density at radius 3 is 2.77 bits per heavy atom. The molecule has 1 aromatic carbocycles. The van der Waals surface area contributed by atoms with Crippen molar-refractivity contribution in [2.45, 2.75) is 13.3 Å². The number of nitrogens with zero attached hydrogens (tertiary/aromatic N) is 4. The summed E-state index contributed by atoms with van der Waals surface area (Å²) in [5.41, 5.74) is 4.51. The fraction of sp³-hybridized carbons (Fsp3) is 0.273. The molecule has 30 heavy (non-hydrogen) atoms. The number of rotatable bonds is 7. The minimum absolute atomic E-state index is 0.207. The number of benzene rings is 1. The molecule has 0 radical (unpaired) electrons. The molecular weight excluding hydrogens is 382 g/mol. The molecule has 8 heteroatoms. The van der Waals surface area contributed by atoms with Gasteiger partial charge >= 0.3 is 0 Å². The van der Waals surface area contributed by atoms with E-state index < -0.39 is 0 Å². The van der Waals surface area contributed by atoms with Gasteiger partial charge in [-0.05, 0) is 19.4 Å². The summed E-state index contributed by atoms with van der Waals surface area (Å²) in [6, 6.07) is 11.4. The van der Waals surface area contributed by atoms with Crippen molar-refractivity contribution in [3.63, 3.8) is 0 Å². The van der Waals surface area contributed by atoms with Crippen LogP contribution in [-0.4, -0.2) is 46.1 Å². The first-order valence-corrected chi connectivity index (χ1v) is 9.72. The van der Waals surface area contributed by atoms with E-state index >= 15 is 0 Å². The Bertz CT molecular complexity index is 1180. The van der Waals surface area contributed by atoms with Crippen LogP contribution in [0.4, 0.5) is 0 Å². The summed E-state index contributed by atoms with van der Waals surface area (Å²) < 4.78 is 12.3. The van der Waals surface area contributed by atoms with Crippen LogP contribution in [0.25, 0.3) is 33.6 Å². The number of aromatic nitrogens is 4. The zero-order chi connectivity index (χ0) is 21.1. The van der Waals surface area contributed by atoms with Crippen LogP contribution in [0.5, 0.6) is 0 Å². The van der Waals surface area contributed by atoms with Crippen molar-refractivity contribution >= 4 is 17.0 Å². The van der Waals surface area contributed by atoms with Gasteiger partial charge in [-0.3, -0.25) is 9.48 Å². The van der Waals surface area contributed by atoms with Gasteiger partial charge in [0, 0.05) is 44.6 Å². The van der Waals surface area contributed by atoms with E-state index in [0.29, 0.717) is 41.2 Å². The average Bonchev–Trinajstić information content (AvgIpc) is 3.33. The largest absolute Gasteiger partial charge is 0.385 e. The van der Waals surface area contributed by atoms with Crippen molar-refractivity contribution in [2.75, 3.05) is 20.3 Å². The van der Waals surface area contributed by atoms with Gasteiger partial charge < -0.3 is 14.6 Å². The topological polar surface area (TPSA) is 95.1 Å². The van der Waals surface area contributed by atoms with Gasteiger partial charge in [0.05, 0.1) is 22.3 Å². The van der Waals surface area contributed by atoms with Gasteiger partial charge in [-0.2, -0.15) is 5.10 Å². The molecule has 3 aromatic heterocycles. The molecular formula is C22H23N5O3. The maximum atomic E-state index is 13.1. The molecule has 0 aliphatic heterocycles. The average molecular weight is 405 g/mol. The molecule has 0 aliphatic rings. The van der Waals surface area contributed by atoms with E-state index in [1.165, 1.54) is 0 Å². The summed E-state index contributed by atoms with van der Waals surface area (Å²) in [5, 5.41) is 12.2. The number of carbonyl (C=O) groups is 1. The smallest absolute Gasteiger partial charge is 0.259 e. The Labute approximate surface area is 173 Å². The number of aryl methyl sites for hydroxylation is 2. The molecule has 1 amide bonds. The predicted octanol–water partition coefficient (Wildman–Crippen LogP) is 3.37. The van der Waals surface area contributed by atoms with Gasteiger partial charge in [0.25, 0.3) is 11.6 Å². The quantitative estimate of drug-likeness (QED) is 0.474. The highest BCUT2D eigenvalue weighted by molar-refractivity contribution is 6.10. The van der Waals surface area contributed by atoms with Crippen molar-refractivity contribution < 1.29 is 14.1 Å². The van der Waals surface area contributed by atoms with Crippen LogP contribution in [0, 0.1) is 6.92 Å². The Kier molecular flexibility index (Phi) is 5.58. The third kappa shape index (κ3) is 3.81. The number of pyridine rings is 1. The molecule has 154 valence electrons. The highest BCUT2D eigenvalue weighted by Gasteiger charge is 2.22. The molecule has 3 heterocycles. The fourth-order valence-corrected chi connectivity index (χ4v) is 3.43. The second kappa shape index (κ2) is 8.46. The molecule has 0 atom stereocenters. The SMILES string of the molecule is COCCCNC(=O)c1cc(-c2cn(C)nc2C)nc2onc(-c3ccccc3)c12. The van der Waals surface area contributed by atoms with E-state index in [9.17, 15) is 4.79 Å². The van der Waals surface area contributed by atoms with Crippen LogP contribution in [0.2, 0.25) is 0 Å². The van der Waals surface area contributed by atoms with E-state index in [0.717, 1.165) is 23.2 Å². The lowest BCUT2D eigenvalue weighted by molar-refractivity contribution is 0.0950. The van der Waals surface area contributed by atoms with E-state index in [2.05, 4.69) is 20.6 Å². The molecule has 0 spiro atoms. The lowest BCUT2D eigenvalue weighted by Crippen LogP contribution is -2.25. The Morgan fingerprint density at radius 2 is 2.07 bits per heavy atom. The standard InChI is InChI=1S/C22H23N5O3/c1-14-17(13-27(2)25-14)18-12-16(21(28)23-10-7-11-29-3)19-20(26-30-22(19)24-18)15-8-5-4-6-9-15/h4-6,8-9,12-13H,7,10-11H2,1-3H3,(H,23,28). The first kappa shape index (κ1) is 19.8. The number of carbonyl (C=O) groups excluding carboxylic acids is 1. The minimum atomic E-state index is -0.207. The Morgan fingerprint density at radius 1 is 1.27 bits per heavy atom. The van der Waals surface area contributed by atoms with Crippen LogP contribution in [0.15, 0.2) is 47.1 Å². The van der Waals surface area contributed by atoms with Gasteiger partial charge in [0.15, 0.2) is 0 Å². The van der Waals surface area contributed by atoms with Crippen molar-refractivity contribution in [1.29, 1.82) is 0 Å². The maximum Gasteiger partial charge on any atom is 0.259 e.